The van der Waals surface area contributed by atoms with Crippen molar-refractivity contribution in [1.29, 1.82) is 0 Å². The molecule has 0 unspecified atom stereocenters. The van der Waals surface area contributed by atoms with Crippen LogP contribution in [-0.2, 0) is 13.0 Å². The zero-order chi connectivity index (χ0) is 12.9. The van der Waals surface area contributed by atoms with Crippen LogP contribution >= 0.6 is 0 Å². The van der Waals surface area contributed by atoms with Crippen LogP contribution in [-0.4, -0.2) is 34.7 Å². The minimum Gasteiger partial charge on any atom is -0.424 e. The first-order chi connectivity index (χ1) is 8.00. The zero-order valence-corrected chi connectivity index (χ0v) is 11.4. The number of hydrogen-bond acceptors (Lipinski definition) is 5. The van der Waals surface area contributed by atoms with Crippen LogP contribution in [0.3, 0.4) is 0 Å². The van der Waals surface area contributed by atoms with Gasteiger partial charge in [-0.15, -0.1) is 10.2 Å². The Bertz CT molecular complexity index is 335. The van der Waals surface area contributed by atoms with Gasteiger partial charge >= 0.3 is 0 Å². The van der Waals surface area contributed by atoms with E-state index in [1.807, 2.05) is 6.92 Å². The van der Waals surface area contributed by atoms with Crippen LogP contribution in [0.1, 0.15) is 39.5 Å². The quantitative estimate of drug-likeness (QED) is 0.781. The number of aryl methyl sites for hydroxylation is 1. The molecular weight excluding hydrogens is 216 g/mol. The van der Waals surface area contributed by atoms with Gasteiger partial charge in [0.05, 0.1) is 6.54 Å². The molecule has 1 rings (SSSR count). The summed E-state index contributed by atoms with van der Waals surface area (Å²) in [7, 11) is 0. The van der Waals surface area contributed by atoms with E-state index in [9.17, 15) is 0 Å². The molecule has 1 heterocycles. The molecule has 0 radical (unpaired) electrons. The summed E-state index contributed by atoms with van der Waals surface area (Å²) in [5, 5.41) is 8.01. The highest BCUT2D eigenvalue weighted by atomic mass is 16.4. The second-order valence-corrected chi connectivity index (χ2v) is 5.11. The summed E-state index contributed by atoms with van der Waals surface area (Å²) in [4.78, 5) is 2.28. The van der Waals surface area contributed by atoms with E-state index >= 15 is 0 Å². The Morgan fingerprint density at radius 2 is 1.88 bits per heavy atom. The Labute approximate surface area is 103 Å². The van der Waals surface area contributed by atoms with Gasteiger partial charge in [-0.25, -0.2) is 0 Å². The van der Waals surface area contributed by atoms with E-state index in [1.165, 1.54) is 0 Å². The van der Waals surface area contributed by atoms with E-state index in [0.717, 1.165) is 19.5 Å². The van der Waals surface area contributed by atoms with Crippen molar-refractivity contribution in [2.75, 3.05) is 19.6 Å². The molecule has 2 N–H and O–H groups in total. The molecule has 1 aromatic rings. The smallest absolute Gasteiger partial charge is 0.230 e. The van der Waals surface area contributed by atoms with E-state index in [4.69, 9.17) is 10.2 Å². The lowest BCUT2D eigenvalue weighted by molar-refractivity contribution is 0.169. The average Bonchev–Trinajstić information content (AvgIpc) is 2.75. The van der Waals surface area contributed by atoms with Gasteiger partial charge in [0.2, 0.25) is 11.8 Å². The maximum absolute atomic E-state index is 5.75. The van der Waals surface area contributed by atoms with Gasteiger partial charge < -0.3 is 10.2 Å². The van der Waals surface area contributed by atoms with Crippen LogP contribution in [0, 0.1) is 5.41 Å². The molecule has 0 saturated carbocycles. The van der Waals surface area contributed by atoms with Crippen molar-refractivity contribution in [3.8, 4) is 0 Å². The summed E-state index contributed by atoms with van der Waals surface area (Å²) in [6, 6.07) is 0. The number of nitrogens with two attached hydrogens (primary N) is 1. The highest BCUT2D eigenvalue weighted by molar-refractivity contribution is 4.83. The third-order valence-corrected chi connectivity index (χ3v) is 2.82. The van der Waals surface area contributed by atoms with E-state index in [1.54, 1.807) is 0 Å². The van der Waals surface area contributed by atoms with Gasteiger partial charge in [-0.2, -0.15) is 0 Å². The highest BCUT2D eigenvalue weighted by Crippen LogP contribution is 2.16. The van der Waals surface area contributed by atoms with Crippen LogP contribution in [0.5, 0.6) is 0 Å². The van der Waals surface area contributed by atoms with Gasteiger partial charge in [0.15, 0.2) is 0 Å². The average molecular weight is 240 g/mol. The van der Waals surface area contributed by atoms with Crippen LogP contribution in [0.2, 0.25) is 0 Å². The Hall–Kier alpha value is -0.940. The van der Waals surface area contributed by atoms with Crippen molar-refractivity contribution in [3.63, 3.8) is 0 Å². The normalized spacial score (nSPS) is 12.4. The first kappa shape index (κ1) is 14.1. The van der Waals surface area contributed by atoms with Crippen molar-refractivity contribution < 1.29 is 4.42 Å². The Kier molecular flexibility index (Phi) is 5.08. The van der Waals surface area contributed by atoms with E-state index in [0.29, 0.717) is 24.9 Å². The maximum Gasteiger partial charge on any atom is 0.230 e. The van der Waals surface area contributed by atoms with Gasteiger partial charge in [0.25, 0.3) is 0 Å². The summed E-state index contributed by atoms with van der Waals surface area (Å²) >= 11 is 0. The molecule has 0 bridgehead atoms. The summed E-state index contributed by atoms with van der Waals surface area (Å²) in [6.07, 6.45) is 0.785. The van der Waals surface area contributed by atoms with Gasteiger partial charge in [0, 0.05) is 13.0 Å². The zero-order valence-electron chi connectivity index (χ0n) is 11.4. The number of aromatic nitrogens is 2. The molecule has 0 aliphatic heterocycles. The van der Waals surface area contributed by atoms with Crippen molar-refractivity contribution in [2.45, 2.75) is 40.7 Å². The minimum absolute atomic E-state index is 0.115. The highest BCUT2D eigenvalue weighted by Gasteiger charge is 2.20. The topological polar surface area (TPSA) is 68.2 Å². The lowest BCUT2D eigenvalue weighted by Crippen LogP contribution is -2.38. The number of rotatable bonds is 7. The van der Waals surface area contributed by atoms with Crippen molar-refractivity contribution in [3.05, 3.63) is 11.8 Å². The summed E-state index contributed by atoms with van der Waals surface area (Å²) in [6.45, 7) is 11.7. The van der Waals surface area contributed by atoms with Crippen LogP contribution in [0.15, 0.2) is 4.42 Å². The summed E-state index contributed by atoms with van der Waals surface area (Å²) in [5.74, 6) is 1.39. The molecule has 0 atom stereocenters. The SMILES string of the molecule is CCc1nnc(CN(CC)CC(C)(C)CN)o1. The van der Waals surface area contributed by atoms with Crippen molar-refractivity contribution in [1.82, 2.24) is 15.1 Å². The fourth-order valence-electron chi connectivity index (χ4n) is 1.64. The Morgan fingerprint density at radius 3 is 2.35 bits per heavy atom. The molecule has 1 aromatic heterocycles. The maximum atomic E-state index is 5.75. The minimum atomic E-state index is 0.115. The predicted octanol–water partition coefficient (Wildman–Crippen LogP) is 1.44. The first-order valence-electron chi connectivity index (χ1n) is 6.24. The number of hydrogen-bond donors (Lipinski definition) is 1. The fraction of sp³-hybridized carbons (Fsp3) is 0.833. The predicted molar refractivity (Wildman–Crippen MR) is 67.5 cm³/mol. The molecule has 5 heteroatoms. The molecule has 0 aromatic carbocycles. The fourth-order valence-corrected chi connectivity index (χ4v) is 1.64. The van der Waals surface area contributed by atoms with E-state index in [-0.39, 0.29) is 5.41 Å². The van der Waals surface area contributed by atoms with Crippen molar-refractivity contribution in [2.24, 2.45) is 11.1 Å². The molecule has 0 saturated heterocycles. The Balaban J connectivity index is 2.57. The van der Waals surface area contributed by atoms with Gasteiger partial charge in [0.1, 0.15) is 0 Å². The molecule has 0 aliphatic carbocycles. The van der Waals surface area contributed by atoms with Crippen LogP contribution in [0.4, 0.5) is 0 Å². The first-order valence-corrected chi connectivity index (χ1v) is 6.24. The van der Waals surface area contributed by atoms with Crippen LogP contribution in [0.25, 0.3) is 0 Å². The molecular formula is C12H24N4O. The lowest BCUT2D eigenvalue weighted by Gasteiger charge is -2.30. The second-order valence-electron chi connectivity index (χ2n) is 5.11. The van der Waals surface area contributed by atoms with E-state index in [2.05, 4.69) is 35.9 Å². The molecule has 0 amide bonds. The third kappa shape index (κ3) is 4.44. The standard InChI is InChI=1S/C12H24N4O/c1-5-10-14-15-11(17-10)7-16(6-2)9-12(3,4)8-13/h5-9,13H2,1-4H3. The largest absolute Gasteiger partial charge is 0.424 e. The molecule has 17 heavy (non-hydrogen) atoms. The second kappa shape index (κ2) is 6.12. The summed E-state index contributed by atoms with van der Waals surface area (Å²) in [5.41, 5.74) is 5.86. The van der Waals surface area contributed by atoms with Gasteiger partial charge in [-0.1, -0.05) is 27.7 Å². The van der Waals surface area contributed by atoms with E-state index < -0.39 is 0 Å². The lowest BCUT2D eigenvalue weighted by atomic mass is 9.93. The third-order valence-electron chi connectivity index (χ3n) is 2.82. The Morgan fingerprint density at radius 1 is 1.24 bits per heavy atom. The molecule has 0 aliphatic rings. The van der Waals surface area contributed by atoms with Gasteiger partial charge in [-0.05, 0) is 18.5 Å². The molecule has 0 fully saturated rings. The summed E-state index contributed by atoms with van der Waals surface area (Å²) < 4.78 is 5.52. The van der Waals surface area contributed by atoms with Crippen LogP contribution < -0.4 is 5.73 Å². The van der Waals surface area contributed by atoms with Crippen molar-refractivity contribution >= 4 is 0 Å². The molecule has 98 valence electrons. The van der Waals surface area contributed by atoms with Gasteiger partial charge in [-0.3, -0.25) is 4.90 Å². The molecule has 0 spiro atoms. The number of nitrogens with zero attached hydrogens (tertiary/aromatic N) is 3. The molecule has 5 nitrogen and oxygen atoms in total. The monoisotopic (exact) mass is 240 g/mol.